The maximum absolute atomic E-state index is 3.94. The van der Waals surface area contributed by atoms with Gasteiger partial charge < -0.3 is 0 Å². The van der Waals surface area contributed by atoms with E-state index in [1.165, 1.54) is 122 Å². The maximum Gasteiger partial charge on any atom is -0.0417 e. The fraction of sp³-hybridized carbons (Fsp3) is 0.920. The van der Waals surface area contributed by atoms with E-state index in [-0.39, 0.29) is 0 Å². The normalized spacial score (nSPS) is 12.6. The summed E-state index contributed by atoms with van der Waals surface area (Å²) < 4.78 is 0. The van der Waals surface area contributed by atoms with E-state index in [2.05, 4.69) is 20.8 Å². The van der Waals surface area contributed by atoms with E-state index < -0.39 is 0 Å². The fourth-order valence-corrected chi connectivity index (χ4v) is 3.89. The van der Waals surface area contributed by atoms with Crippen LogP contribution in [0.25, 0.3) is 0 Å². The highest BCUT2D eigenvalue weighted by atomic mass is 14.1. The third kappa shape index (κ3) is 20.2. The molecular formula is C25H50. The van der Waals surface area contributed by atoms with Gasteiger partial charge in [0.05, 0.1) is 0 Å². The van der Waals surface area contributed by atoms with Crippen molar-refractivity contribution in [2.45, 2.75) is 142 Å². The topological polar surface area (TPSA) is 0 Å². The Morgan fingerprint density at radius 1 is 0.440 bits per heavy atom. The van der Waals surface area contributed by atoms with Crippen LogP contribution < -0.4 is 0 Å². The average Bonchev–Trinajstić information content (AvgIpc) is 2.63. The Balaban J connectivity index is 3.19. The van der Waals surface area contributed by atoms with Crippen molar-refractivity contribution in [3.8, 4) is 0 Å². The van der Waals surface area contributed by atoms with Gasteiger partial charge in [-0.15, -0.1) is 0 Å². The molecule has 1 unspecified atom stereocenters. The largest absolute Gasteiger partial charge is 0.0651 e. The van der Waals surface area contributed by atoms with Crippen molar-refractivity contribution in [2.75, 3.05) is 0 Å². The first-order chi connectivity index (χ1) is 12.3. The molecule has 25 heavy (non-hydrogen) atoms. The van der Waals surface area contributed by atoms with E-state index in [9.17, 15) is 0 Å². The predicted octanol–water partition coefficient (Wildman–Crippen LogP) is 9.48. The molecule has 0 aliphatic rings. The number of hydrogen-bond donors (Lipinski definition) is 0. The minimum Gasteiger partial charge on any atom is -0.0651 e. The summed E-state index contributed by atoms with van der Waals surface area (Å²) in [7, 11) is 0. The maximum atomic E-state index is 3.94. The highest BCUT2D eigenvalue weighted by Gasteiger charge is 2.05. The molecule has 0 aromatic carbocycles. The molecule has 0 saturated heterocycles. The molecule has 0 saturated carbocycles. The molecule has 0 bridgehead atoms. The van der Waals surface area contributed by atoms with Crippen molar-refractivity contribution in [1.29, 1.82) is 0 Å². The van der Waals surface area contributed by atoms with Gasteiger partial charge >= 0.3 is 0 Å². The molecule has 0 fully saturated rings. The molecule has 0 spiro atoms. The lowest BCUT2D eigenvalue weighted by Gasteiger charge is -2.14. The minimum atomic E-state index is 0.999. The second-order valence-electron chi connectivity index (χ2n) is 8.22. The van der Waals surface area contributed by atoms with Gasteiger partial charge in [0.15, 0.2) is 0 Å². The zero-order valence-corrected chi connectivity index (χ0v) is 17.8. The number of unbranched alkanes of at least 4 members (excludes halogenated alkanes) is 16. The third-order valence-electron chi connectivity index (χ3n) is 5.80. The Labute approximate surface area is 161 Å². The van der Waals surface area contributed by atoms with Crippen LogP contribution in [-0.2, 0) is 0 Å². The summed E-state index contributed by atoms with van der Waals surface area (Å²) >= 11 is 0. The minimum absolute atomic E-state index is 0.999. The van der Waals surface area contributed by atoms with Gasteiger partial charge in [-0.05, 0) is 5.92 Å². The summed E-state index contributed by atoms with van der Waals surface area (Å²) in [5.41, 5.74) is 0. The molecule has 150 valence electrons. The smallest absolute Gasteiger partial charge is 0.0417 e. The van der Waals surface area contributed by atoms with Crippen LogP contribution in [0.5, 0.6) is 0 Å². The molecular weight excluding hydrogens is 300 g/mol. The SMILES string of the molecule is [CH2]CCCCCCCCCCCCCCCC(CC)CCCCC[CH2]. The molecule has 0 amide bonds. The molecule has 0 aromatic rings. The second-order valence-corrected chi connectivity index (χ2v) is 8.22. The van der Waals surface area contributed by atoms with E-state index in [4.69, 9.17) is 0 Å². The van der Waals surface area contributed by atoms with Crippen molar-refractivity contribution in [3.05, 3.63) is 13.8 Å². The molecule has 0 aromatic heterocycles. The Kier molecular flexibility index (Phi) is 22.0. The molecule has 0 aliphatic carbocycles. The third-order valence-corrected chi connectivity index (χ3v) is 5.80. The standard InChI is InChI=1S/C25H50/c1-4-7-9-11-12-13-14-15-16-17-18-19-20-22-24-25(6-3)23-21-10-8-5-2/h25H,1-2,4-24H2,3H3. The first kappa shape index (κ1) is 25.0. The average molecular weight is 351 g/mol. The highest BCUT2D eigenvalue weighted by molar-refractivity contribution is 4.59. The van der Waals surface area contributed by atoms with E-state index in [1.807, 2.05) is 0 Å². The summed E-state index contributed by atoms with van der Waals surface area (Å²) in [6.45, 7) is 10.2. The van der Waals surface area contributed by atoms with Gasteiger partial charge in [0.25, 0.3) is 0 Å². The van der Waals surface area contributed by atoms with Gasteiger partial charge in [-0.1, -0.05) is 156 Å². The van der Waals surface area contributed by atoms with Crippen LogP contribution in [0.4, 0.5) is 0 Å². The molecule has 0 N–H and O–H groups in total. The van der Waals surface area contributed by atoms with Crippen LogP contribution in [0, 0.1) is 19.8 Å². The molecule has 0 nitrogen and oxygen atoms in total. The summed E-state index contributed by atoms with van der Waals surface area (Å²) in [6.07, 6.45) is 29.6. The van der Waals surface area contributed by atoms with E-state index in [0.717, 1.165) is 18.8 Å². The Morgan fingerprint density at radius 3 is 1.04 bits per heavy atom. The van der Waals surface area contributed by atoms with Crippen molar-refractivity contribution in [2.24, 2.45) is 5.92 Å². The zero-order valence-electron chi connectivity index (χ0n) is 17.8. The summed E-state index contributed by atoms with van der Waals surface area (Å²) in [5, 5.41) is 0. The van der Waals surface area contributed by atoms with Gasteiger partial charge in [-0.25, -0.2) is 0 Å². The van der Waals surface area contributed by atoms with Gasteiger partial charge in [0.2, 0.25) is 0 Å². The molecule has 2 radical (unpaired) electrons. The van der Waals surface area contributed by atoms with Gasteiger partial charge in [-0.3, -0.25) is 0 Å². The van der Waals surface area contributed by atoms with E-state index in [0.29, 0.717) is 0 Å². The second kappa shape index (κ2) is 22.0. The van der Waals surface area contributed by atoms with Crippen LogP contribution in [0.1, 0.15) is 142 Å². The quantitative estimate of drug-likeness (QED) is 0.181. The van der Waals surface area contributed by atoms with E-state index in [1.54, 1.807) is 0 Å². The summed E-state index contributed by atoms with van der Waals surface area (Å²) in [5.74, 6) is 0.999. The molecule has 0 heterocycles. The number of rotatable bonds is 21. The Hall–Kier alpha value is 0. The lowest BCUT2D eigenvalue weighted by atomic mass is 9.92. The van der Waals surface area contributed by atoms with E-state index >= 15 is 0 Å². The van der Waals surface area contributed by atoms with Crippen LogP contribution in [0.15, 0.2) is 0 Å². The Bertz CT molecular complexity index is 220. The number of hydrogen-bond acceptors (Lipinski definition) is 0. The zero-order chi connectivity index (χ0) is 18.4. The lowest BCUT2D eigenvalue weighted by Crippen LogP contribution is -1.99. The Morgan fingerprint density at radius 2 is 0.720 bits per heavy atom. The first-order valence-electron chi connectivity index (χ1n) is 11.9. The first-order valence-corrected chi connectivity index (χ1v) is 11.9. The summed E-state index contributed by atoms with van der Waals surface area (Å²) in [6, 6.07) is 0. The van der Waals surface area contributed by atoms with Crippen LogP contribution >= 0.6 is 0 Å². The molecule has 0 rings (SSSR count). The van der Waals surface area contributed by atoms with Crippen LogP contribution in [0.2, 0.25) is 0 Å². The van der Waals surface area contributed by atoms with Crippen molar-refractivity contribution in [1.82, 2.24) is 0 Å². The highest BCUT2D eigenvalue weighted by Crippen LogP contribution is 2.21. The van der Waals surface area contributed by atoms with Crippen LogP contribution in [0.3, 0.4) is 0 Å². The molecule has 0 heteroatoms. The molecule has 1 atom stereocenters. The fourth-order valence-electron chi connectivity index (χ4n) is 3.89. The van der Waals surface area contributed by atoms with Gasteiger partial charge in [-0.2, -0.15) is 0 Å². The lowest BCUT2D eigenvalue weighted by molar-refractivity contribution is 0.394. The predicted molar refractivity (Wildman–Crippen MR) is 117 cm³/mol. The summed E-state index contributed by atoms with van der Waals surface area (Å²) in [4.78, 5) is 0. The van der Waals surface area contributed by atoms with Crippen molar-refractivity contribution < 1.29 is 0 Å². The van der Waals surface area contributed by atoms with Gasteiger partial charge in [0, 0.05) is 0 Å². The molecule has 0 aliphatic heterocycles. The van der Waals surface area contributed by atoms with Gasteiger partial charge in [0.1, 0.15) is 0 Å². The van der Waals surface area contributed by atoms with Crippen LogP contribution in [-0.4, -0.2) is 0 Å². The van der Waals surface area contributed by atoms with Crippen molar-refractivity contribution in [3.63, 3.8) is 0 Å². The van der Waals surface area contributed by atoms with Crippen molar-refractivity contribution >= 4 is 0 Å². The monoisotopic (exact) mass is 350 g/mol.